The van der Waals surface area contributed by atoms with Gasteiger partial charge in [-0.05, 0) is 5.56 Å². The van der Waals surface area contributed by atoms with Gasteiger partial charge in [-0.2, -0.15) is 5.06 Å². The number of fused-ring (bicyclic) bond motifs is 1. The molecule has 0 spiro atoms. The van der Waals surface area contributed by atoms with Gasteiger partial charge in [0.1, 0.15) is 17.9 Å². The van der Waals surface area contributed by atoms with Crippen LogP contribution in [0.25, 0.3) is 0 Å². The number of nitrogens with zero attached hydrogens (tertiary/aromatic N) is 1. The van der Waals surface area contributed by atoms with Crippen LogP contribution < -0.4 is 0 Å². The highest BCUT2D eigenvalue weighted by Crippen LogP contribution is 2.51. The van der Waals surface area contributed by atoms with Crippen LogP contribution in [0.2, 0.25) is 0 Å². The maximum absolute atomic E-state index is 6.33. The van der Waals surface area contributed by atoms with Gasteiger partial charge in [0.05, 0.1) is 31.9 Å². The van der Waals surface area contributed by atoms with E-state index in [9.17, 15) is 0 Å². The Labute approximate surface area is 186 Å². The second kappa shape index (κ2) is 9.06. The Morgan fingerprint density at radius 2 is 1.65 bits per heavy atom. The minimum atomic E-state index is -1.22. The average Bonchev–Trinajstić information content (AvgIpc) is 3.23. The molecule has 162 valence electrons. The molecule has 2 aromatic carbocycles. The van der Waals surface area contributed by atoms with Crippen LogP contribution in [-0.4, -0.2) is 32.3 Å². The lowest BCUT2D eigenvalue weighted by molar-refractivity contribution is -0.169. The average molecular weight is 442 g/mol. The fourth-order valence-corrected chi connectivity index (χ4v) is 4.08. The highest BCUT2D eigenvalue weighted by Gasteiger charge is 2.52. The molecule has 0 radical (unpaired) electrons. The Bertz CT molecular complexity index is 1020. The summed E-state index contributed by atoms with van der Waals surface area (Å²) < 4.78 is 24.1. The molecule has 2 aromatic rings. The number of rotatable bonds is 8. The summed E-state index contributed by atoms with van der Waals surface area (Å²) in [5.74, 6) is -0.121. The molecule has 1 atom stereocenters. The first-order valence-electron chi connectivity index (χ1n) is 9.78. The van der Waals surface area contributed by atoms with Crippen molar-refractivity contribution in [1.82, 2.24) is 5.06 Å². The third-order valence-electron chi connectivity index (χ3n) is 5.26. The predicted octanol–water partition coefficient (Wildman–Crippen LogP) is 4.80. The van der Waals surface area contributed by atoms with E-state index >= 15 is 0 Å². The molecular weight excluding hydrogens is 418 g/mol. The fourth-order valence-electron chi connectivity index (χ4n) is 3.85. The van der Waals surface area contributed by atoms with E-state index in [1.807, 2.05) is 60.7 Å². The molecular formula is C24H24ClNO5. The number of methoxy groups -OCH3 is 2. The van der Waals surface area contributed by atoms with Gasteiger partial charge in [0.25, 0.3) is 5.79 Å². The summed E-state index contributed by atoms with van der Waals surface area (Å²) in [6, 6.07) is 19.5. The molecule has 2 aliphatic heterocycles. The molecule has 6 nitrogen and oxygen atoms in total. The summed E-state index contributed by atoms with van der Waals surface area (Å²) >= 11 is 6.33. The Hall–Kier alpha value is -2.93. The lowest BCUT2D eigenvalue weighted by atomic mass is 9.90. The highest BCUT2D eigenvalue weighted by molar-refractivity contribution is 6.19. The second-order valence-corrected chi connectivity index (χ2v) is 7.15. The minimum absolute atomic E-state index is 0.140. The number of halogens is 1. The van der Waals surface area contributed by atoms with Gasteiger partial charge in [0, 0.05) is 12.7 Å². The van der Waals surface area contributed by atoms with E-state index in [4.69, 9.17) is 35.4 Å². The second-order valence-electron chi connectivity index (χ2n) is 6.88. The van der Waals surface area contributed by atoms with Gasteiger partial charge in [0.2, 0.25) is 5.88 Å². The largest absolute Gasteiger partial charge is 0.486 e. The number of benzene rings is 2. The quantitative estimate of drug-likeness (QED) is 0.548. The number of hydrogen-bond acceptors (Lipinski definition) is 6. The molecule has 0 aliphatic carbocycles. The van der Waals surface area contributed by atoms with Gasteiger partial charge >= 0.3 is 0 Å². The number of hydrogen-bond donors (Lipinski definition) is 0. The van der Waals surface area contributed by atoms with Crippen molar-refractivity contribution in [3.05, 3.63) is 107 Å². The first-order valence-corrected chi connectivity index (χ1v) is 10.3. The molecule has 2 heterocycles. The summed E-state index contributed by atoms with van der Waals surface area (Å²) in [4.78, 5) is 5.65. The Morgan fingerprint density at radius 3 is 2.23 bits per heavy atom. The zero-order valence-corrected chi connectivity index (χ0v) is 18.4. The van der Waals surface area contributed by atoms with Gasteiger partial charge in [0.15, 0.2) is 5.76 Å². The maximum atomic E-state index is 6.33. The van der Waals surface area contributed by atoms with Crippen LogP contribution in [0, 0.1) is 0 Å². The predicted molar refractivity (Wildman–Crippen MR) is 116 cm³/mol. The van der Waals surface area contributed by atoms with E-state index < -0.39 is 5.79 Å². The monoisotopic (exact) mass is 441 g/mol. The molecule has 0 saturated heterocycles. The van der Waals surface area contributed by atoms with E-state index in [1.54, 1.807) is 27.6 Å². The summed E-state index contributed by atoms with van der Waals surface area (Å²) in [6.45, 7) is 0.354. The first kappa shape index (κ1) is 21.3. The highest BCUT2D eigenvalue weighted by atomic mass is 35.5. The lowest BCUT2D eigenvalue weighted by Gasteiger charge is -2.37. The van der Waals surface area contributed by atoms with E-state index in [0.29, 0.717) is 35.1 Å². The van der Waals surface area contributed by atoms with Gasteiger partial charge in [-0.25, -0.2) is 0 Å². The summed E-state index contributed by atoms with van der Waals surface area (Å²) in [5.41, 5.74) is 3.78. The van der Waals surface area contributed by atoms with Crippen molar-refractivity contribution in [2.45, 2.75) is 12.4 Å². The Balaban J connectivity index is 1.82. The van der Waals surface area contributed by atoms with E-state index in [2.05, 4.69) is 0 Å². The van der Waals surface area contributed by atoms with E-state index in [-0.39, 0.29) is 5.88 Å². The number of ether oxygens (including phenoxy) is 4. The van der Waals surface area contributed by atoms with E-state index in [0.717, 1.165) is 11.1 Å². The zero-order valence-electron chi connectivity index (χ0n) is 17.6. The number of allylic oxidation sites excluding steroid dienone is 2. The van der Waals surface area contributed by atoms with Crippen LogP contribution in [0.15, 0.2) is 95.4 Å². The van der Waals surface area contributed by atoms with Crippen molar-refractivity contribution in [2.75, 3.05) is 27.2 Å². The lowest BCUT2D eigenvalue weighted by Crippen LogP contribution is -2.38. The molecule has 2 aliphatic rings. The van der Waals surface area contributed by atoms with Gasteiger partial charge in [-0.15, -0.1) is 11.6 Å². The molecule has 31 heavy (non-hydrogen) atoms. The topological polar surface area (TPSA) is 49.4 Å². The smallest absolute Gasteiger partial charge is 0.269 e. The third-order valence-corrected chi connectivity index (χ3v) is 5.51. The van der Waals surface area contributed by atoms with Crippen molar-refractivity contribution >= 4 is 11.6 Å². The molecule has 7 heteroatoms. The summed E-state index contributed by atoms with van der Waals surface area (Å²) in [6.07, 6.45) is 1.63. The zero-order chi connectivity index (χ0) is 21.8. The van der Waals surface area contributed by atoms with Crippen molar-refractivity contribution in [1.29, 1.82) is 0 Å². The molecule has 0 N–H and O–H groups in total. The Morgan fingerprint density at radius 1 is 0.968 bits per heavy atom. The molecule has 0 saturated carbocycles. The SMILES string of the molecule is COC1=C2C(=COC2(OC)c2ccccc2)C(OCc2ccccc2)=C(CCl)N1OC. The standard InChI is InChI=1S/C24H24ClNO5/c1-27-23-21-19(16-31-24(21,28-2)18-12-8-5-9-13-18)22(20(14-25)26(23)29-3)30-15-17-10-6-4-7-11-17/h4-13,16H,14-15H2,1-3H3. The van der Waals surface area contributed by atoms with Crippen LogP contribution >= 0.6 is 11.6 Å². The molecule has 1 unspecified atom stereocenters. The summed E-state index contributed by atoms with van der Waals surface area (Å²) in [5, 5.41) is 1.52. The van der Waals surface area contributed by atoms with Crippen LogP contribution in [0.4, 0.5) is 0 Å². The first-order chi connectivity index (χ1) is 15.2. The molecule has 0 bridgehead atoms. The van der Waals surface area contributed by atoms with Gasteiger partial charge < -0.3 is 18.9 Å². The third kappa shape index (κ3) is 3.57. The molecule has 0 aromatic heterocycles. The van der Waals surface area contributed by atoms with Crippen LogP contribution in [0.5, 0.6) is 0 Å². The van der Waals surface area contributed by atoms with E-state index in [1.165, 1.54) is 5.06 Å². The molecule has 4 rings (SSSR count). The van der Waals surface area contributed by atoms with Crippen molar-refractivity contribution in [3.8, 4) is 0 Å². The van der Waals surface area contributed by atoms with Crippen LogP contribution in [0.3, 0.4) is 0 Å². The van der Waals surface area contributed by atoms with Crippen LogP contribution in [0.1, 0.15) is 11.1 Å². The summed E-state index contributed by atoms with van der Waals surface area (Å²) in [7, 11) is 4.70. The number of hydroxylamine groups is 2. The Kier molecular flexibility index (Phi) is 6.23. The van der Waals surface area contributed by atoms with Crippen molar-refractivity contribution in [3.63, 3.8) is 0 Å². The fraction of sp³-hybridized carbons (Fsp3) is 0.250. The number of alkyl halides is 1. The van der Waals surface area contributed by atoms with Gasteiger partial charge in [-0.1, -0.05) is 60.7 Å². The molecule has 0 fully saturated rings. The minimum Gasteiger partial charge on any atom is -0.486 e. The molecule has 0 amide bonds. The maximum Gasteiger partial charge on any atom is 0.269 e. The van der Waals surface area contributed by atoms with Gasteiger partial charge in [-0.3, -0.25) is 4.84 Å². The van der Waals surface area contributed by atoms with Crippen molar-refractivity contribution in [2.24, 2.45) is 0 Å². The van der Waals surface area contributed by atoms with Crippen LogP contribution in [-0.2, 0) is 36.2 Å². The van der Waals surface area contributed by atoms with Crippen molar-refractivity contribution < 1.29 is 23.8 Å². The normalized spacial score (nSPS) is 20.4.